The molecule has 2 aromatic rings. The van der Waals surface area contributed by atoms with Gasteiger partial charge in [-0.15, -0.1) is 10.2 Å². The number of nitrogens with zero attached hydrogens (tertiary/aromatic N) is 3. The van der Waals surface area contributed by atoms with Gasteiger partial charge in [0, 0.05) is 5.56 Å². The van der Waals surface area contributed by atoms with E-state index in [0.29, 0.717) is 10.7 Å². The molecule has 124 valence electrons. The van der Waals surface area contributed by atoms with Crippen molar-refractivity contribution in [1.29, 1.82) is 0 Å². The van der Waals surface area contributed by atoms with Gasteiger partial charge in [0.2, 0.25) is 5.91 Å². The van der Waals surface area contributed by atoms with Gasteiger partial charge in [0.1, 0.15) is 0 Å². The van der Waals surface area contributed by atoms with Gasteiger partial charge in [-0.3, -0.25) is 14.5 Å². The Kier molecular flexibility index (Phi) is 3.85. The van der Waals surface area contributed by atoms with Crippen molar-refractivity contribution in [2.75, 3.05) is 10.2 Å². The number of thioether (sulfide) groups is 1. The van der Waals surface area contributed by atoms with E-state index in [1.165, 1.54) is 16.7 Å². The standard InChI is InChI=1S/C18H14N4O2S/c1-11-17(24)22(12-7-3-2-4-8-12)18(25-11)21-20-15-13-9-5-6-10-14(13)19-16(15)23/h2-11H,1H3,(H,19,20,23)/b21-18+. The quantitative estimate of drug-likeness (QED) is 0.847. The molecule has 1 atom stereocenters. The molecule has 0 spiro atoms. The molecule has 1 N–H and O–H groups in total. The lowest BCUT2D eigenvalue weighted by Gasteiger charge is -2.15. The largest absolute Gasteiger partial charge is 0.320 e. The first kappa shape index (κ1) is 15.6. The Morgan fingerprint density at radius 3 is 2.52 bits per heavy atom. The SMILES string of the molecule is CC1S/C(=N/N=C2/C(=O)Nc3ccccc32)N(c2ccccc2)C1=O. The summed E-state index contributed by atoms with van der Waals surface area (Å²) in [5.74, 6) is -0.342. The lowest BCUT2D eigenvalue weighted by atomic mass is 10.1. The third kappa shape index (κ3) is 2.72. The van der Waals surface area contributed by atoms with E-state index in [1.807, 2.05) is 61.5 Å². The molecule has 1 saturated heterocycles. The monoisotopic (exact) mass is 350 g/mol. The number of anilines is 2. The van der Waals surface area contributed by atoms with Gasteiger partial charge >= 0.3 is 0 Å². The fourth-order valence-corrected chi connectivity index (χ4v) is 3.63. The fourth-order valence-electron chi connectivity index (χ4n) is 2.71. The van der Waals surface area contributed by atoms with E-state index >= 15 is 0 Å². The molecule has 0 aliphatic carbocycles. The smallest absolute Gasteiger partial charge is 0.276 e. The zero-order valence-corrected chi connectivity index (χ0v) is 14.2. The van der Waals surface area contributed by atoms with Crippen LogP contribution in [0.4, 0.5) is 11.4 Å². The number of rotatable bonds is 2. The van der Waals surface area contributed by atoms with Gasteiger partial charge in [-0.1, -0.05) is 48.2 Å². The Morgan fingerprint density at radius 1 is 1.00 bits per heavy atom. The molecule has 1 fully saturated rings. The number of carbonyl (C=O) groups is 2. The molecule has 2 aromatic carbocycles. The lowest BCUT2D eigenvalue weighted by Crippen LogP contribution is -2.31. The summed E-state index contributed by atoms with van der Waals surface area (Å²) in [6.07, 6.45) is 0. The molecule has 25 heavy (non-hydrogen) atoms. The summed E-state index contributed by atoms with van der Waals surface area (Å²) in [6, 6.07) is 16.6. The van der Waals surface area contributed by atoms with Crippen molar-refractivity contribution in [3.05, 3.63) is 60.2 Å². The number of amides is 2. The molecule has 2 aliphatic rings. The van der Waals surface area contributed by atoms with E-state index in [4.69, 9.17) is 0 Å². The van der Waals surface area contributed by atoms with Crippen molar-refractivity contribution in [1.82, 2.24) is 0 Å². The van der Waals surface area contributed by atoms with Gasteiger partial charge in [0.05, 0.1) is 16.6 Å². The van der Waals surface area contributed by atoms with E-state index in [-0.39, 0.29) is 22.8 Å². The predicted molar refractivity (Wildman–Crippen MR) is 100 cm³/mol. The third-order valence-corrected chi connectivity index (χ3v) is 4.97. The molecule has 6 nitrogen and oxygen atoms in total. The molecule has 0 radical (unpaired) electrons. The van der Waals surface area contributed by atoms with Crippen molar-refractivity contribution >= 4 is 45.8 Å². The van der Waals surface area contributed by atoms with Gasteiger partial charge in [0.25, 0.3) is 5.91 Å². The van der Waals surface area contributed by atoms with Crippen LogP contribution >= 0.6 is 11.8 Å². The summed E-state index contributed by atoms with van der Waals surface area (Å²) in [5, 5.41) is 11.4. The Balaban J connectivity index is 1.73. The van der Waals surface area contributed by atoms with E-state index in [9.17, 15) is 9.59 Å². The average Bonchev–Trinajstić information content (AvgIpc) is 3.10. The van der Waals surface area contributed by atoms with Crippen molar-refractivity contribution in [2.45, 2.75) is 12.2 Å². The first-order chi connectivity index (χ1) is 12.1. The van der Waals surface area contributed by atoms with Crippen LogP contribution in [0.5, 0.6) is 0 Å². The van der Waals surface area contributed by atoms with Gasteiger partial charge in [0.15, 0.2) is 10.9 Å². The third-order valence-electron chi connectivity index (χ3n) is 3.94. The van der Waals surface area contributed by atoms with Crippen LogP contribution in [0.25, 0.3) is 0 Å². The molecular weight excluding hydrogens is 336 g/mol. The maximum atomic E-state index is 12.5. The first-order valence-corrected chi connectivity index (χ1v) is 8.65. The van der Waals surface area contributed by atoms with Crippen LogP contribution in [-0.4, -0.2) is 27.9 Å². The molecule has 4 rings (SSSR count). The second kappa shape index (κ2) is 6.18. The number of fused-ring (bicyclic) bond motifs is 1. The normalized spacial score (nSPS) is 22.6. The number of carbonyl (C=O) groups excluding carboxylic acids is 2. The molecule has 7 heteroatoms. The molecular formula is C18H14N4O2S. The maximum absolute atomic E-state index is 12.5. The summed E-state index contributed by atoms with van der Waals surface area (Å²) in [6.45, 7) is 1.83. The van der Waals surface area contributed by atoms with Crippen LogP contribution in [0, 0.1) is 0 Å². The van der Waals surface area contributed by atoms with Crippen LogP contribution in [0.3, 0.4) is 0 Å². The Morgan fingerprint density at radius 2 is 1.72 bits per heavy atom. The van der Waals surface area contributed by atoms with Gasteiger partial charge in [-0.25, -0.2) is 0 Å². The Bertz CT molecular complexity index is 924. The molecule has 0 saturated carbocycles. The minimum atomic E-state index is -0.292. The van der Waals surface area contributed by atoms with E-state index in [2.05, 4.69) is 15.5 Å². The number of nitrogens with one attached hydrogen (secondary N) is 1. The second-order valence-electron chi connectivity index (χ2n) is 5.60. The molecule has 0 aromatic heterocycles. The highest BCUT2D eigenvalue weighted by molar-refractivity contribution is 8.16. The topological polar surface area (TPSA) is 74.1 Å². The zero-order chi connectivity index (χ0) is 17.4. The minimum absolute atomic E-state index is 0.0496. The van der Waals surface area contributed by atoms with Crippen LogP contribution < -0.4 is 10.2 Å². The molecule has 2 aliphatic heterocycles. The van der Waals surface area contributed by atoms with Gasteiger partial charge < -0.3 is 5.32 Å². The Hall–Kier alpha value is -2.93. The van der Waals surface area contributed by atoms with Crippen LogP contribution in [0.2, 0.25) is 0 Å². The summed E-state index contributed by atoms with van der Waals surface area (Å²) in [7, 11) is 0. The number of hydrogen-bond donors (Lipinski definition) is 1. The summed E-state index contributed by atoms with van der Waals surface area (Å²) < 4.78 is 0. The zero-order valence-electron chi connectivity index (χ0n) is 13.3. The lowest BCUT2D eigenvalue weighted by molar-refractivity contribution is -0.116. The highest BCUT2D eigenvalue weighted by Gasteiger charge is 2.36. The number of hydrogen-bond acceptors (Lipinski definition) is 5. The van der Waals surface area contributed by atoms with E-state index < -0.39 is 0 Å². The average molecular weight is 350 g/mol. The van der Waals surface area contributed by atoms with Crippen LogP contribution in [0.1, 0.15) is 12.5 Å². The summed E-state index contributed by atoms with van der Waals surface area (Å²) in [4.78, 5) is 26.1. The highest BCUT2D eigenvalue weighted by Crippen LogP contribution is 2.32. The van der Waals surface area contributed by atoms with E-state index in [1.54, 1.807) is 0 Å². The minimum Gasteiger partial charge on any atom is -0.320 e. The molecule has 0 bridgehead atoms. The van der Waals surface area contributed by atoms with E-state index in [0.717, 1.165) is 11.4 Å². The highest BCUT2D eigenvalue weighted by atomic mass is 32.2. The van der Waals surface area contributed by atoms with Gasteiger partial charge in [-0.2, -0.15) is 0 Å². The van der Waals surface area contributed by atoms with Crippen molar-refractivity contribution in [3.8, 4) is 0 Å². The summed E-state index contributed by atoms with van der Waals surface area (Å²) >= 11 is 1.33. The number of benzene rings is 2. The first-order valence-electron chi connectivity index (χ1n) is 7.77. The maximum Gasteiger partial charge on any atom is 0.276 e. The van der Waals surface area contributed by atoms with Crippen LogP contribution in [0.15, 0.2) is 64.8 Å². The summed E-state index contributed by atoms with van der Waals surface area (Å²) in [5.41, 5.74) is 2.42. The fraction of sp³-hybridized carbons (Fsp3) is 0.111. The molecule has 2 heterocycles. The van der Waals surface area contributed by atoms with Crippen LogP contribution in [-0.2, 0) is 9.59 Å². The van der Waals surface area contributed by atoms with Gasteiger partial charge in [-0.05, 0) is 25.1 Å². The second-order valence-corrected chi connectivity index (χ2v) is 6.91. The number of amidine groups is 1. The van der Waals surface area contributed by atoms with Crippen molar-refractivity contribution in [3.63, 3.8) is 0 Å². The number of para-hydroxylation sites is 2. The van der Waals surface area contributed by atoms with Crippen molar-refractivity contribution < 1.29 is 9.59 Å². The molecule has 2 amide bonds. The molecule has 1 unspecified atom stereocenters. The van der Waals surface area contributed by atoms with Crippen molar-refractivity contribution in [2.24, 2.45) is 10.2 Å². The predicted octanol–water partition coefficient (Wildman–Crippen LogP) is 2.87. The Labute approximate surface area is 148 Å².